The van der Waals surface area contributed by atoms with Gasteiger partial charge in [0.2, 0.25) is 0 Å². The van der Waals surface area contributed by atoms with Gasteiger partial charge in [-0.15, -0.1) is 0 Å². The van der Waals surface area contributed by atoms with E-state index in [1.165, 1.54) is 23.9 Å². The molecule has 0 saturated carbocycles. The van der Waals surface area contributed by atoms with Crippen molar-refractivity contribution in [1.82, 2.24) is 0 Å². The summed E-state index contributed by atoms with van der Waals surface area (Å²) < 4.78 is 4.56. The fourth-order valence-electron chi connectivity index (χ4n) is 1.74. The maximum Gasteiger partial charge on any atom is 0.330 e. The van der Waals surface area contributed by atoms with Crippen LogP contribution in [0.25, 0.3) is 6.08 Å². The first-order valence-corrected chi connectivity index (χ1v) is 10.8. The smallest absolute Gasteiger partial charge is 0.330 e. The van der Waals surface area contributed by atoms with Crippen molar-refractivity contribution in [2.45, 2.75) is 19.6 Å². The zero-order valence-corrected chi connectivity index (χ0v) is 14.7. The Kier molecular flexibility index (Phi) is 7.33. The predicted molar refractivity (Wildman–Crippen MR) is 97.2 cm³/mol. The standard InChI is InChI=1S/C19H24O2Si/c1-21-19(20)16-9-8-14-18(22(2,3)4)15-10-13-17-11-6-5-7-12-17/h5-16H,1-4H3/b13-10+,14-8+,16-9+,18-15-. The summed E-state index contributed by atoms with van der Waals surface area (Å²) in [5.74, 6) is -0.341. The van der Waals surface area contributed by atoms with Gasteiger partial charge in [0, 0.05) is 6.08 Å². The highest BCUT2D eigenvalue weighted by Gasteiger charge is 2.16. The summed E-state index contributed by atoms with van der Waals surface area (Å²) in [5, 5.41) is 1.31. The number of hydrogen-bond donors (Lipinski definition) is 0. The summed E-state index contributed by atoms with van der Waals surface area (Å²) in [6.45, 7) is 6.89. The molecule has 0 aromatic heterocycles. The van der Waals surface area contributed by atoms with E-state index in [4.69, 9.17) is 0 Å². The minimum atomic E-state index is -1.44. The van der Waals surface area contributed by atoms with E-state index < -0.39 is 8.07 Å². The molecule has 0 saturated heterocycles. The van der Waals surface area contributed by atoms with Crippen molar-refractivity contribution in [3.8, 4) is 0 Å². The van der Waals surface area contributed by atoms with Gasteiger partial charge in [0.05, 0.1) is 15.2 Å². The molecule has 0 amide bonds. The highest BCUT2D eigenvalue weighted by Crippen LogP contribution is 2.16. The average Bonchev–Trinajstić information content (AvgIpc) is 2.49. The van der Waals surface area contributed by atoms with E-state index in [0.29, 0.717) is 0 Å². The Morgan fingerprint density at radius 3 is 2.23 bits per heavy atom. The minimum Gasteiger partial charge on any atom is -0.466 e. The molecule has 0 bridgehead atoms. The van der Waals surface area contributed by atoms with Crippen LogP contribution in [0.1, 0.15) is 5.56 Å². The van der Waals surface area contributed by atoms with Gasteiger partial charge in [0.1, 0.15) is 0 Å². The number of esters is 1. The summed E-state index contributed by atoms with van der Waals surface area (Å²) in [4.78, 5) is 11.0. The number of allylic oxidation sites excluding steroid dienone is 6. The second-order valence-corrected chi connectivity index (χ2v) is 11.0. The lowest BCUT2D eigenvalue weighted by molar-refractivity contribution is -0.134. The van der Waals surface area contributed by atoms with Crippen LogP contribution in [0.5, 0.6) is 0 Å². The van der Waals surface area contributed by atoms with Crippen LogP contribution in [0, 0.1) is 0 Å². The van der Waals surface area contributed by atoms with Gasteiger partial charge in [-0.3, -0.25) is 0 Å². The molecular weight excluding hydrogens is 288 g/mol. The molecule has 0 unspecified atom stereocenters. The molecule has 0 aliphatic rings. The molecule has 0 radical (unpaired) electrons. The van der Waals surface area contributed by atoms with Crippen LogP contribution in [-0.2, 0) is 9.53 Å². The highest BCUT2D eigenvalue weighted by molar-refractivity contribution is 6.83. The van der Waals surface area contributed by atoms with Gasteiger partial charge in [-0.05, 0) is 5.56 Å². The van der Waals surface area contributed by atoms with Crippen molar-refractivity contribution in [3.63, 3.8) is 0 Å². The zero-order chi connectivity index (χ0) is 16.4. The van der Waals surface area contributed by atoms with E-state index in [1.807, 2.05) is 24.3 Å². The zero-order valence-electron chi connectivity index (χ0n) is 13.7. The predicted octanol–water partition coefficient (Wildman–Crippen LogP) is 4.79. The summed E-state index contributed by atoms with van der Waals surface area (Å²) in [5.41, 5.74) is 1.18. The van der Waals surface area contributed by atoms with E-state index in [9.17, 15) is 4.79 Å². The number of carbonyl (C=O) groups is 1. The summed E-state index contributed by atoms with van der Waals surface area (Å²) >= 11 is 0. The van der Waals surface area contributed by atoms with Crippen LogP contribution in [-0.4, -0.2) is 21.2 Å². The first-order chi connectivity index (χ1) is 10.4. The largest absolute Gasteiger partial charge is 0.466 e. The molecule has 0 atom stereocenters. The third-order valence-corrected chi connectivity index (χ3v) is 5.12. The van der Waals surface area contributed by atoms with Crippen molar-refractivity contribution in [2.75, 3.05) is 7.11 Å². The van der Waals surface area contributed by atoms with Crippen LogP contribution in [0.2, 0.25) is 19.6 Å². The second kappa shape index (κ2) is 9.00. The molecular formula is C19H24O2Si. The number of carbonyl (C=O) groups excluding carboxylic acids is 1. The van der Waals surface area contributed by atoms with Gasteiger partial charge in [-0.2, -0.15) is 0 Å². The fourth-order valence-corrected chi connectivity index (χ4v) is 2.94. The number of rotatable bonds is 6. The van der Waals surface area contributed by atoms with Crippen LogP contribution in [0.3, 0.4) is 0 Å². The van der Waals surface area contributed by atoms with Crippen molar-refractivity contribution in [2.24, 2.45) is 0 Å². The summed E-state index contributed by atoms with van der Waals surface area (Å²) in [6, 6.07) is 10.2. The summed E-state index contributed by atoms with van der Waals surface area (Å²) in [7, 11) is -0.0642. The second-order valence-electron chi connectivity index (χ2n) is 5.88. The molecule has 0 aliphatic carbocycles. The van der Waals surface area contributed by atoms with Gasteiger partial charge in [-0.1, -0.05) is 91.6 Å². The molecule has 0 spiro atoms. The van der Waals surface area contributed by atoms with Gasteiger partial charge < -0.3 is 4.74 Å². The SMILES string of the molecule is COC(=O)/C=C/C=C/C(=C/C=C/c1ccccc1)[Si](C)(C)C. The lowest BCUT2D eigenvalue weighted by Gasteiger charge is -2.17. The van der Waals surface area contributed by atoms with Crippen molar-refractivity contribution in [1.29, 1.82) is 0 Å². The molecule has 0 heterocycles. The Morgan fingerprint density at radius 2 is 1.64 bits per heavy atom. The number of methoxy groups -OCH3 is 1. The first kappa shape index (κ1) is 17.9. The van der Waals surface area contributed by atoms with Crippen LogP contribution >= 0.6 is 0 Å². The molecule has 1 aromatic carbocycles. The fraction of sp³-hybridized carbons (Fsp3) is 0.211. The van der Waals surface area contributed by atoms with Crippen LogP contribution in [0.4, 0.5) is 0 Å². The minimum absolute atomic E-state index is 0.341. The van der Waals surface area contributed by atoms with Crippen molar-refractivity contribution in [3.05, 3.63) is 77.5 Å². The first-order valence-electron chi connectivity index (χ1n) is 7.30. The van der Waals surface area contributed by atoms with Gasteiger partial charge in [-0.25, -0.2) is 4.79 Å². The van der Waals surface area contributed by atoms with E-state index >= 15 is 0 Å². The molecule has 22 heavy (non-hydrogen) atoms. The van der Waals surface area contributed by atoms with E-state index in [-0.39, 0.29) is 5.97 Å². The Balaban J connectivity index is 2.83. The van der Waals surface area contributed by atoms with E-state index in [1.54, 1.807) is 6.08 Å². The van der Waals surface area contributed by atoms with Gasteiger partial charge >= 0.3 is 5.97 Å². The Morgan fingerprint density at radius 1 is 1.00 bits per heavy atom. The Labute approximate surface area is 134 Å². The van der Waals surface area contributed by atoms with E-state index in [0.717, 1.165) is 0 Å². The quantitative estimate of drug-likeness (QED) is 0.327. The number of benzene rings is 1. The third kappa shape index (κ3) is 7.04. The van der Waals surface area contributed by atoms with Gasteiger partial charge in [0.15, 0.2) is 0 Å². The van der Waals surface area contributed by atoms with E-state index in [2.05, 4.69) is 60.8 Å². The molecule has 0 fully saturated rings. The highest BCUT2D eigenvalue weighted by atomic mass is 28.3. The Hall–Kier alpha value is -2.13. The van der Waals surface area contributed by atoms with Crippen molar-refractivity contribution >= 4 is 20.1 Å². The molecule has 1 rings (SSSR count). The molecule has 1 aromatic rings. The maximum absolute atomic E-state index is 11.0. The van der Waals surface area contributed by atoms with Crippen LogP contribution in [0.15, 0.2) is 72.0 Å². The van der Waals surface area contributed by atoms with Gasteiger partial charge in [0.25, 0.3) is 0 Å². The maximum atomic E-state index is 11.0. The molecule has 0 aliphatic heterocycles. The lowest BCUT2D eigenvalue weighted by Crippen LogP contribution is -2.22. The Bertz CT molecular complexity index is 588. The molecule has 2 nitrogen and oxygen atoms in total. The average molecular weight is 312 g/mol. The summed E-state index contributed by atoms with van der Waals surface area (Å²) in [6.07, 6.45) is 13.4. The third-order valence-electron chi connectivity index (χ3n) is 3.05. The topological polar surface area (TPSA) is 26.3 Å². The number of hydrogen-bond acceptors (Lipinski definition) is 2. The monoisotopic (exact) mass is 312 g/mol. The molecule has 116 valence electrons. The number of ether oxygens (including phenoxy) is 1. The molecule has 0 N–H and O–H groups in total. The normalized spacial score (nSPS) is 13.4. The van der Waals surface area contributed by atoms with Crippen molar-refractivity contribution < 1.29 is 9.53 Å². The van der Waals surface area contributed by atoms with Crippen LogP contribution < -0.4 is 0 Å². The molecule has 3 heteroatoms. The lowest BCUT2D eigenvalue weighted by atomic mass is 10.2.